The monoisotopic (exact) mass is 291 g/mol. The maximum absolute atomic E-state index is 14.1. The highest BCUT2D eigenvalue weighted by Gasteiger charge is 2.35. The molecule has 1 heterocycles. The van der Waals surface area contributed by atoms with Gasteiger partial charge < -0.3 is 14.6 Å². The first-order valence-corrected chi connectivity index (χ1v) is 6.84. The van der Waals surface area contributed by atoms with Gasteiger partial charge in [0.05, 0.1) is 0 Å². The maximum atomic E-state index is 14.1. The van der Waals surface area contributed by atoms with Crippen LogP contribution >= 0.6 is 0 Å². The van der Waals surface area contributed by atoms with Gasteiger partial charge in [-0.3, -0.25) is 4.79 Å². The van der Waals surface area contributed by atoms with Crippen LogP contribution in [0.3, 0.4) is 0 Å². The summed E-state index contributed by atoms with van der Waals surface area (Å²) in [7, 11) is -0.937. The van der Waals surface area contributed by atoms with Gasteiger partial charge in [-0.1, -0.05) is 26.0 Å². The van der Waals surface area contributed by atoms with Gasteiger partial charge >= 0.3 is 7.12 Å². The van der Waals surface area contributed by atoms with Crippen molar-refractivity contribution < 1.29 is 18.5 Å². The van der Waals surface area contributed by atoms with Crippen LogP contribution < -0.4 is 5.32 Å². The molecule has 0 saturated carbocycles. The van der Waals surface area contributed by atoms with Crippen LogP contribution in [0.5, 0.6) is 0 Å². The molecule has 0 atom stereocenters. The lowest BCUT2D eigenvalue weighted by Crippen LogP contribution is -2.41. The standard InChI is InChI=1S/C15H19BFNO3/c1-11(19)18-13-6-4-12(5-7-13)8-14(17)16-20-9-15(2,3)10-21-16/h4-8H,9-10H2,1-3H3,(H,18,19)/b14-8-. The quantitative estimate of drug-likeness (QED) is 0.871. The number of halogens is 1. The lowest BCUT2D eigenvalue weighted by atomic mass is 9.81. The van der Waals surface area contributed by atoms with Gasteiger partial charge in [0.2, 0.25) is 5.91 Å². The molecule has 1 aliphatic rings. The molecular formula is C15H19BFNO3. The third kappa shape index (κ3) is 4.68. The Balaban J connectivity index is 2.00. The second-order valence-electron chi connectivity index (χ2n) is 5.95. The summed E-state index contributed by atoms with van der Waals surface area (Å²) >= 11 is 0. The highest BCUT2D eigenvalue weighted by atomic mass is 19.1. The summed E-state index contributed by atoms with van der Waals surface area (Å²) in [5.41, 5.74) is 0.806. The predicted molar refractivity (Wildman–Crippen MR) is 81.3 cm³/mol. The van der Waals surface area contributed by atoms with E-state index in [4.69, 9.17) is 9.31 Å². The van der Waals surface area contributed by atoms with E-state index in [9.17, 15) is 9.18 Å². The summed E-state index contributed by atoms with van der Waals surface area (Å²) in [5, 5.41) is 2.65. The molecule has 0 spiro atoms. The van der Waals surface area contributed by atoms with Crippen molar-refractivity contribution in [3.8, 4) is 0 Å². The molecule has 2 rings (SSSR count). The van der Waals surface area contributed by atoms with Gasteiger partial charge in [-0.15, -0.1) is 0 Å². The number of rotatable bonds is 3. The molecule has 1 amide bonds. The zero-order valence-corrected chi connectivity index (χ0v) is 12.5. The van der Waals surface area contributed by atoms with Crippen LogP contribution in [0.2, 0.25) is 0 Å². The zero-order valence-electron chi connectivity index (χ0n) is 12.5. The first-order valence-electron chi connectivity index (χ1n) is 6.84. The Hall–Kier alpha value is -1.66. The molecule has 0 radical (unpaired) electrons. The minimum Gasteiger partial charge on any atom is -0.405 e. The van der Waals surface area contributed by atoms with Crippen molar-refractivity contribution in [2.75, 3.05) is 18.5 Å². The fraction of sp³-hybridized carbons (Fsp3) is 0.400. The van der Waals surface area contributed by atoms with E-state index in [-0.39, 0.29) is 11.3 Å². The van der Waals surface area contributed by atoms with Crippen molar-refractivity contribution in [1.29, 1.82) is 0 Å². The molecule has 1 fully saturated rings. The minimum atomic E-state index is -0.937. The van der Waals surface area contributed by atoms with Gasteiger partial charge in [0, 0.05) is 31.2 Å². The molecule has 0 aromatic heterocycles. The van der Waals surface area contributed by atoms with E-state index in [1.807, 2.05) is 13.8 Å². The van der Waals surface area contributed by atoms with Crippen LogP contribution in [-0.4, -0.2) is 26.2 Å². The number of nitrogens with one attached hydrogen (secondary N) is 1. The largest absolute Gasteiger partial charge is 0.524 e. The van der Waals surface area contributed by atoms with E-state index >= 15 is 0 Å². The SMILES string of the molecule is CC(=O)Nc1ccc(/C=C(\F)B2OCC(C)(C)CO2)cc1. The average molecular weight is 291 g/mol. The summed E-state index contributed by atoms with van der Waals surface area (Å²) in [5.74, 6) is -0.143. The second-order valence-corrected chi connectivity index (χ2v) is 5.95. The third-order valence-corrected chi connectivity index (χ3v) is 3.01. The Morgan fingerprint density at radius 2 is 1.86 bits per heavy atom. The van der Waals surface area contributed by atoms with E-state index in [2.05, 4.69) is 5.32 Å². The lowest BCUT2D eigenvalue weighted by molar-refractivity contribution is -0.114. The third-order valence-electron chi connectivity index (χ3n) is 3.01. The van der Waals surface area contributed by atoms with Crippen LogP contribution in [0, 0.1) is 5.41 Å². The number of benzene rings is 1. The van der Waals surface area contributed by atoms with E-state index in [1.165, 1.54) is 13.0 Å². The average Bonchev–Trinajstić information content (AvgIpc) is 2.40. The first kappa shape index (κ1) is 15.7. The molecule has 1 aromatic rings. The number of hydrogen-bond donors (Lipinski definition) is 1. The van der Waals surface area contributed by atoms with Crippen LogP contribution in [0.4, 0.5) is 10.1 Å². The highest BCUT2D eigenvalue weighted by Crippen LogP contribution is 2.25. The van der Waals surface area contributed by atoms with Crippen molar-refractivity contribution in [1.82, 2.24) is 0 Å². The van der Waals surface area contributed by atoms with Crippen LogP contribution in [-0.2, 0) is 14.1 Å². The lowest BCUT2D eigenvalue weighted by Gasteiger charge is -2.32. The minimum absolute atomic E-state index is 0.0865. The predicted octanol–water partition coefficient (Wildman–Crippen LogP) is 3.06. The van der Waals surface area contributed by atoms with Crippen LogP contribution in [0.15, 0.2) is 30.0 Å². The molecular weight excluding hydrogens is 272 g/mol. The molecule has 21 heavy (non-hydrogen) atoms. The summed E-state index contributed by atoms with van der Waals surface area (Å²) in [6.07, 6.45) is 1.38. The van der Waals surface area contributed by atoms with Gasteiger partial charge in [-0.05, 0) is 23.8 Å². The molecule has 1 aliphatic heterocycles. The summed E-state index contributed by atoms with van der Waals surface area (Å²) in [4.78, 5) is 10.9. The van der Waals surface area contributed by atoms with E-state index in [0.717, 1.165) is 0 Å². The second kappa shape index (κ2) is 6.41. The van der Waals surface area contributed by atoms with Crippen LogP contribution in [0.1, 0.15) is 26.3 Å². The number of carbonyl (C=O) groups excluding carboxylic acids is 1. The van der Waals surface area contributed by atoms with Gasteiger partial charge in [0.1, 0.15) is 5.73 Å². The van der Waals surface area contributed by atoms with Crippen molar-refractivity contribution in [2.24, 2.45) is 5.41 Å². The Morgan fingerprint density at radius 1 is 1.29 bits per heavy atom. The molecule has 0 unspecified atom stereocenters. The number of anilines is 1. The summed E-state index contributed by atoms with van der Waals surface area (Å²) < 4.78 is 24.8. The van der Waals surface area contributed by atoms with E-state index < -0.39 is 12.8 Å². The fourth-order valence-electron chi connectivity index (χ4n) is 1.94. The molecule has 0 bridgehead atoms. The summed E-state index contributed by atoms with van der Waals surface area (Å²) in [6, 6.07) is 6.87. The van der Waals surface area contributed by atoms with Gasteiger partial charge in [0.25, 0.3) is 0 Å². The Morgan fingerprint density at radius 3 is 2.38 bits per heavy atom. The number of carbonyl (C=O) groups is 1. The van der Waals surface area contributed by atoms with Crippen molar-refractivity contribution in [3.05, 3.63) is 35.6 Å². The van der Waals surface area contributed by atoms with Crippen LogP contribution in [0.25, 0.3) is 6.08 Å². The molecule has 1 saturated heterocycles. The van der Waals surface area contributed by atoms with Crippen molar-refractivity contribution in [3.63, 3.8) is 0 Å². The first-order chi connectivity index (χ1) is 9.85. The van der Waals surface area contributed by atoms with Gasteiger partial charge in [0.15, 0.2) is 0 Å². The molecule has 112 valence electrons. The topological polar surface area (TPSA) is 47.6 Å². The normalized spacial score (nSPS) is 18.5. The molecule has 1 N–H and O–H groups in total. The maximum Gasteiger partial charge on any atom is 0.524 e. The Labute approximate surface area is 124 Å². The fourth-order valence-corrected chi connectivity index (χ4v) is 1.94. The van der Waals surface area contributed by atoms with Gasteiger partial charge in [-0.2, -0.15) is 0 Å². The molecule has 1 aromatic carbocycles. The molecule has 4 nitrogen and oxygen atoms in total. The zero-order chi connectivity index (χ0) is 15.5. The highest BCUT2D eigenvalue weighted by molar-refractivity contribution is 6.53. The van der Waals surface area contributed by atoms with Crippen molar-refractivity contribution in [2.45, 2.75) is 20.8 Å². The smallest absolute Gasteiger partial charge is 0.405 e. The van der Waals surface area contributed by atoms with E-state index in [1.54, 1.807) is 24.3 Å². The van der Waals surface area contributed by atoms with E-state index in [0.29, 0.717) is 24.5 Å². The Kier molecular flexibility index (Phi) is 4.80. The molecule has 0 aliphatic carbocycles. The van der Waals surface area contributed by atoms with Crippen molar-refractivity contribution >= 4 is 24.8 Å². The summed E-state index contributed by atoms with van der Waals surface area (Å²) in [6.45, 7) is 6.37. The number of amides is 1. The number of hydrogen-bond acceptors (Lipinski definition) is 3. The molecule has 6 heteroatoms. The van der Waals surface area contributed by atoms with Gasteiger partial charge in [-0.25, -0.2) is 4.39 Å². The Bertz CT molecular complexity index is 532.